The van der Waals surface area contributed by atoms with Gasteiger partial charge in [-0.1, -0.05) is 44.2 Å². The molecule has 1 aromatic heterocycles. The molecule has 2 amide bonds. The van der Waals surface area contributed by atoms with Crippen LogP contribution in [0.15, 0.2) is 60.7 Å². The molecule has 4 rings (SSSR count). The van der Waals surface area contributed by atoms with Crippen molar-refractivity contribution in [3.8, 4) is 17.0 Å². The molecule has 2 aromatic carbocycles. The second-order valence-corrected chi connectivity index (χ2v) is 10.1. The molecular formula is C30H37N5O3. The van der Waals surface area contributed by atoms with Crippen molar-refractivity contribution in [3.05, 3.63) is 71.8 Å². The lowest BCUT2D eigenvalue weighted by atomic mass is 10.1. The molecule has 1 fully saturated rings. The molecule has 3 aromatic rings. The number of hydrogen-bond acceptors (Lipinski definition) is 6. The van der Waals surface area contributed by atoms with Crippen LogP contribution in [0.1, 0.15) is 36.2 Å². The lowest BCUT2D eigenvalue weighted by Gasteiger charge is -2.36. The van der Waals surface area contributed by atoms with Crippen LogP contribution >= 0.6 is 0 Å². The number of piperazine rings is 1. The van der Waals surface area contributed by atoms with Crippen LogP contribution in [-0.2, 0) is 4.79 Å². The van der Waals surface area contributed by atoms with Crippen LogP contribution in [0, 0.1) is 12.8 Å². The standard InChI is InChI=1S/C30H37N5O3/c1-22(2)14-15-35(30(37)26-11-6-5-8-23(26)3)21-29(36)34-18-16-33(17-19-34)28-13-12-27(31-32-28)24-9-7-10-25(20-24)38-4/h5-13,20,22H,14-19,21H2,1-4H3. The van der Waals surface area contributed by atoms with Crippen molar-refractivity contribution in [1.82, 2.24) is 20.0 Å². The van der Waals surface area contributed by atoms with Crippen LogP contribution in [0.3, 0.4) is 0 Å². The first kappa shape index (κ1) is 27.1. The van der Waals surface area contributed by atoms with Gasteiger partial charge in [-0.05, 0) is 55.2 Å². The maximum atomic E-state index is 13.3. The monoisotopic (exact) mass is 515 g/mol. The van der Waals surface area contributed by atoms with E-state index < -0.39 is 0 Å². The largest absolute Gasteiger partial charge is 0.497 e. The van der Waals surface area contributed by atoms with E-state index >= 15 is 0 Å². The van der Waals surface area contributed by atoms with Crippen molar-refractivity contribution in [3.63, 3.8) is 0 Å². The van der Waals surface area contributed by atoms with Gasteiger partial charge >= 0.3 is 0 Å². The molecule has 8 nitrogen and oxygen atoms in total. The van der Waals surface area contributed by atoms with Gasteiger partial charge in [-0.2, -0.15) is 0 Å². The summed E-state index contributed by atoms with van der Waals surface area (Å²) < 4.78 is 5.30. The normalized spacial score (nSPS) is 13.5. The first-order chi connectivity index (χ1) is 18.4. The molecule has 0 unspecified atom stereocenters. The number of carbonyl (C=O) groups excluding carboxylic acids is 2. The average molecular weight is 516 g/mol. The van der Waals surface area contributed by atoms with Gasteiger partial charge in [0.25, 0.3) is 5.91 Å². The van der Waals surface area contributed by atoms with E-state index in [4.69, 9.17) is 4.74 Å². The Labute approximate surface area is 225 Å². The molecule has 1 aliphatic heterocycles. The Morgan fingerprint density at radius 3 is 2.39 bits per heavy atom. The van der Waals surface area contributed by atoms with Gasteiger partial charge in [0.05, 0.1) is 12.8 Å². The van der Waals surface area contributed by atoms with Crippen molar-refractivity contribution in [2.75, 3.05) is 51.3 Å². The summed E-state index contributed by atoms with van der Waals surface area (Å²) in [6.07, 6.45) is 0.850. The third-order valence-corrected chi connectivity index (χ3v) is 6.94. The van der Waals surface area contributed by atoms with Gasteiger partial charge in [0, 0.05) is 43.9 Å². The number of anilines is 1. The van der Waals surface area contributed by atoms with Gasteiger partial charge in [0.2, 0.25) is 5.91 Å². The number of aryl methyl sites for hydroxylation is 1. The minimum atomic E-state index is -0.0814. The maximum Gasteiger partial charge on any atom is 0.254 e. The van der Waals surface area contributed by atoms with E-state index in [0.717, 1.165) is 34.8 Å². The summed E-state index contributed by atoms with van der Waals surface area (Å²) in [5.41, 5.74) is 3.30. The highest BCUT2D eigenvalue weighted by Gasteiger charge is 2.26. The first-order valence-electron chi connectivity index (χ1n) is 13.2. The Kier molecular flexibility index (Phi) is 8.94. The Morgan fingerprint density at radius 2 is 1.74 bits per heavy atom. The molecule has 38 heavy (non-hydrogen) atoms. The zero-order valence-corrected chi connectivity index (χ0v) is 22.8. The summed E-state index contributed by atoms with van der Waals surface area (Å²) >= 11 is 0. The van der Waals surface area contributed by atoms with E-state index in [1.54, 1.807) is 12.0 Å². The number of amides is 2. The predicted octanol–water partition coefficient (Wildman–Crippen LogP) is 4.30. The topological polar surface area (TPSA) is 78.9 Å². The third kappa shape index (κ3) is 6.68. The maximum absolute atomic E-state index is 13.3. The van der Waals surface area contributed by atoms with Gasteiger partial charge in [-0.3, -0.25) is 9.59 Å². The minimum absolute atomic E-state index is 0.0187. The zero-order chi connectivity index (χ0) is 27.1. The highest BCUT2D eigenvalue weighted by atomic mass is 16.5. The zero-order valence-electron chi connectivity index (χ0n) is 22.8. The molecule has 0 atom stereocenters. The Bertz CT molecular complexity index is 1240. The molecule has 0 radical (unpaired) electrons. The summed E-state index contributed by atoms with van der Waals surface area (Å²) in [5.74, 6) is 1.91. The van der Waals surface area contributed by atoms with E-state index in [1.165, 1.54) is 0 Å². The first-order valence-corrected chi connectivity index (χ1v) is 13.2. The van der Waals surface area contributed by atoms with E-state index in [0.29, 0.717) is 44.2 Å². The lowest BCUT2D eigenvalue weighted by molar-refractivity contribution is -0.132. The lowest BCUT2D eigenvalue weighted by Crippen LogP contribution is -2.52. The number of rotatable bonds is 9. The number of ether oxygens (including phenoxy) is 1. The molecule has 1 aliphatic rings. The van der Waals surface area contributed by atoms with Crippen LogP contribution in [-0.4, -0.2) is 78.2 Å². The van der Waals surface area contributed by atoms with Gasteiger partial charge in [0.15, 0.2) is 5.82 Å². The third-order valence-electron chi connectivity index (χ3n) is 6.94. The van der Waals surface area contributed by atoms with Gasteiger partial charge in [0.1, 0.15) is 12.3 Å². The number of aromatic nitrogens is 2. The summed E-state index contributed by atoms with van der Waals surface area (Å²) in [5, 5.41) is 8.85. The highest BCUT2D eigenvalue weighted by molar-refractivity contribution is 5.97. The van der Waals surface area contributed by atoms with E-state index in [9.17, 15) is 9.59 Å². The molecule has 0 N–H and O–H groups in total. The average Bonchev–Trinajstić information content (AvgIpc) is 2.95. The molecule has 2 heterocycles. The smallest absolute Gasteiger partial charge is 0.254 e. The van der Waals surface area contributed by atoms with Crippen molar-refractivity contribution in [2.45, 2.75) is 27.2 Å². The SMILES string of the molecule is COc1cccc(-c2ccc(N3CCN(C(=O)CN(CCC(C)C)C(=O)c4ccccc4C)CC3)nn2)c1. The van der Waals surface area contributed by atoms with Crippen molar-refractivity contribution >= 4 is 17.6 Å². The van der Waals surface area contributed by atoms with Gasteiger partial charge in [-0.15, -0.1) is 10.2 Å². The predicted molar refractivity (Wildman–Crippen MR) is 149 cm³/mol. The summed E-state index contributed by atoms with van der Waals surface area (Å²) in [4.78, 5) is 32.3. The van der Waals surface area contributed by atoms with Gasteiger partial charge in [-0.25, -0.2) is 0 Å². The van der Waals surface area contributed by atoms with Crippen molar-refractivity contribution in [2.24, 2.45) is 5.92 Å². The van der Waals surface area contributed by atoms with E-state index in [1.807, 2.05) is 72.5 Å². The number of nitrogens with zero attached hydrogens (tertiary/aromatic N) is 5. The Hall–Kier alpha value is -3.94. The number of carbonyl (C=O) groups is 2. The van der Waals surface area contributed by atoms with Crippen LogP contribution in [0.4, 0.5) is 5.82 Å². The second-order valence-electron chi connectivity index (χ2n) is 10.1. The number of benzene rings is 2. The van der Waals surface area contributed by atoms with E-state index in [2.05, 4.69) is 28.9 Å². The molecule has 0 bridgehead atoms. The fourth-order valence-corrected chi connectivity index (χ4v) is 4.53. The summed E-state index contributed by atoms with van der Waals surface area (Å²) in [6.45, 7) is 9.33. The fraction of sp³-hybridized carbons (Fsp3) is 0.400. The fourth-order valence-electron chi connectivity index (χ4n) is 4.53. The molecular weight excluding hydrogens is 478 g/mol. The number of methoxy groups -OCH3 is 1. The minimum Gasteiger partial charge on any atom is -0.497 e. The molecule has 200 valence electrons. The molecule has 0 spiro atoms. The Morgan fingerprint density at radius 1 is 0.974 bits per heavy atom. The molecule has 0 saturated carbocycles. The van der Waals surface area contributed by atoms with Crippen molar-refractivity contribution in [1.29, 1.82) is 0 Å². The highest BCUT2D eigenvalue weighted by Crippen LogP contribution is 2.23. The van der Waals surface area contributed by atoms with Crippen LogP contribution in [0.2, 0.25) is 0 Å². The van der Waals surface area contributed by atoms with Crippen LogP contribution in [0.25, 0.3) is 11.3 Å². The molecule has 0 aliphatic carbocycles. The Balaban J connectivity index is 1.36. The quantitative estimate of drug-likeness (QED) is 0.423. The van der Waals surface area contributed by atoms with Crippen LogP contribution in [0.5, 0.6) is 5.75 Å². The molecule has 8 heteroatoms. The second kappa shape index (κ2) is 12.5. The summed E-state index contributed by atoms with van der Waals surface area (Å²) in [6, 6.07) is 19.2. The van der Waals surface area contributed by atoms with Gasteiger partial charge < -0.3 is 19.4 Å². The van der Waals surface area contributed by atoms with Crippen LogP contribution < -0.4 is 9.64 Å². The van der Waals surface area contributed by atoms with E-state index in [-0.39, 0.29) is 18.4 Å². The van der Waals surface area contributed by atoms with Crippen molar-refractivity contribution < 1.29 is 14.3 Å². The number of hydrogen-bond donors (Lipinski definition) is 0. The molecule has 1 saturated heterocycles. The summed E-state index contributed by atoms with van der Waals surface area (Å²) in [7, 11) is 1.64.